The summed E-state index contributed by atoms with van der Waals surface area (Å²) in [6.07, 6.45) is 0. The molecule has 7 heteroatoms. The van der Waals surface area contributed by atoms with Gasteiger partial charge in [0.2, 0.25) is 0 Å². The van der Waals surface area contributed by atoms with Gasteiger partial charge in [0.05, 0.1) is 16.1 Å². The fraction of sp³-hybridized carbons (Fsp3) is 0.263. The number of rotatable bonds is 2. The van der Waals surface area contributed by atoms with Gasteiger partial charge in [-0.3, -0.25) is 15.0 Å². The SMILES string of the molecule is Cc1cccc(C(=O)NN(C(=O)c2cc(Cl)cc(Cl)c2)C(C)(C)C)c1Cl. The van der Waals surface area contributed by atoms with Crippen molar-refractivity contribution in [3.05, 3.63) is 68.2 Å². The number of amides is 2. The number of nitrogens with one attached hydrogen (secondary N) is 1. The van der Waals surface area contributed by atoms with E-state index in [1.807, 2.05) is 0 Å². The molecule has 0 atom stereocenters. The Morgan fingerprint density at radius 3 is 2.12 bits per heavy atom. The predicted molar refractivity (Wildman–Crippen MR) is 106 cm³/mol. The normalized spacial score (nSPS) is 11.2. The number of nitrogens with zero attached hydrogens (tertiary/aromatic N) is 1. The Morgan fingerprint density at radius 1 is 1.00 bits per heavy atom. The molecule has 4 nitrogen and oxygen atoms in total. The van der Waals surface area contributed by atoms with Gasteiger partial charge in [0, 0.05) is 15.6 Å². The van der Waals surface area contributed by atoms with E-state index in [0.717, 1.165) is 5.56 Å². The van der Waals surface area contributed by atoms with Gasteiger partial charge < -0.3 is 0 Å². The first-order valence-electron chi connectivity index (χ1n) is 7.87. The summed E-state index contributed by atoms with van der Waals surface area (Å²) in [5.74, 6) is -0.908. The molecule has 0 radical (unpaired) electrons. The van der Waals surface area contributed by atoms with Crippen LogP contribution < -0.4 is 5.43 Å². The van der Waals surface area contributed by atoms with Gasteiger partial charge in [0.15, 0.2) is 0 Å². The summed E-state index contributed by atoms with van der Waals surface area (Å²) in [6, 6.07) is 9.68. The van der Waals surface area contributed by atoms with Crippen LogP contribution in [0.15, 0.2) is 36.4 Å². The molecule has 2 amide bonds. The largest absolute Gasteiger partial charge is 0.272 e. The number of benzene rings is 2. The second-order valence-electron chi connectivity index (χ2n) is 6.85. The third-order valence-electron chi connectivity index (χ3n) is 3.63. The average molecular weight is 414 g/mol. The molecular weight excluding hydrogens is 395 g/mol. The van der Waals surface area contributed by atoms with Gasteiger partial charge in [-0.25, -0.2) is 5.01 Å². The monoisotopic (exact) mass is 412 g/mol. The molecule has 138 valence electrons. The first-order chi connectivity index (χ1) is 12.0. The highest BCUT2D eigenvalue weighted by atomic mass is 35.5. The molecular formula is C19H19Cl3N2O2. The maximum absolute atomic E-state index is 13.0. The van der Waals surface area contributed by atoms with Crippen LogP contribution in [0.4, 0.5) is 0 Å². The predicted octanol–water partition coefficient (Wildman–Crippen LogP) is 5.54. The van der Waals surface area contributed by atoms with Gasteiger partial charge in [-0.05, 0) is 57.5 Å². The van der Waals surface area contributed by atoms with Crippen molar-refractivity contribution >= 4 is 46.6 Å². The van der Waals surface area contributed by atoms with Gasteiger partial charge in [-0.15, -0.1) is 0 Å². The van der Waals surface area contributed by atoms with Crippen molar-refractivity contribution in [2.75, 3.05) is 0 Å². The van der Waals surface area contributed by atoms with Gasteiger partial charge in [-0.2, -0.15) is 0 Å². The van der Waals surface area contributed by atoms with Crippen LogP contribution in [0.3, 0.4) is 0 Å². The number of aryl methyl sites for hydroxylation is 1. The Balaban J connectivity index is 2.38. The highest BCUT2D eigenvalue weighted by Gasteiger charge is 2.30. The minimum Gasteiger partial charge on any atom is -0.267 e. The minimum absolute atomic E-state index is 0.271. The summed E-state index contributed by atoms with van der Waals surface area (Å²) >= 11 is 18.2. The third-order valence-corrected chi connectivity index (χ3v) is 4.57. The van der Waals surface area contributed by atoms with Gasteiger partial charge >= 0.3 is 0 Å². The lowest BCUT2D eigenvalue weighted by molar-refractivity contribution is 0.0358. The van der Waals surface area contributed by atoms with E-state index in [2.05, 4.69) is 5.43 Å². The molecule has 0 aliphatic rings. The second kappa shape index (κ2) is 7.87. The van der Waals surface area contributed by atoms with E-state index < -0.39 is 17.4 Å². The summed E-state index contributed by atoms with van der Waals surface area (Å²) in [5.41, 5.74) is 3.29. The van der Waals surface area contributed by atoms with Crippen molar-refractivity contribution in [3.8, 4) is 0 Å². The zero-order valence-electron chi connectivity index (χ0n) is 14.9. The quantitative estimate of drug-likeness (QED) is 0.657. The van der Waals surface area contributed by atoms with Crippen LogP contribution in [0.2, 0.25) is 15.1 Å². The lowest BCUT2D eigenvalue weighted by Crippen LogP contribution is -2.55. The van der Waals surface area contributed by atoms with Crippen molar-refractivity contribution in [1.29, 1.82) is 0 Å². The molecule has 0 saturated heterocycles. The Kier molecular flexibility index (Phi) is 6.22. The molecule has 0 heterocycles. The van der Waals surface area contributed by atoms with Crippen molar-refractivity contribution < 1.29 is 9.59 Å². The molecule has 0 saturated carbocycles. The highest BCUT2D eigenvalue weighted by Crippen LogP contribution is 2.24. The van der Waals surface area contributed by atoms with Crippen LogP contribution in [0.25, 0.3) is 0 Å². The molecule has 2 aromatic carbocycles. The number of carbonyl (C=O) groups is 2. The van der Waals surface area contributed by atoms with E-state index in [0.29, 0.717) is 15.1 Å². The summed E-state index contributed by atoms with van der Waals surface area (Å²) in [6.45, 7) is 7.21. The third kappa shape index (κ3) is 4.70. The standard InChI is InChI=1S/C19H19Cl3N2O2/c1-11-6-5-7-15(16(11)22)17(25)23-24(19(2,3)4)18(26)12-8-13(20)10-14(21)9-12/h5-10H,1-4H3,(H,23,25). The molecule has 0 aliphatic heterocycles. The van der Waals surface area contributed by atoms with Gasteiger partial charge in [-0.1, -0.05) is 46.9 Å². The van der Waals surface area contributed by atoms with Crippen LogP contribution in [0, 0.1) is 6.92 Å². The average Bonchev–Trinajstić information content (AvgIpc) is 2.52. The number of hydrazine groups is 1. The fourth-order valence-corrected chi connectivity index (χ4v) is 3.05. The van der Waals surface area contributed by atoms with Crippen LogP contribution >= 0.6 is 34.8 Å². The minimum atomic E-state index is -0.697. The highest BCUT2D eigenvalue weighted by molar-refractivity contribution is 6.35. The molecule has 1 N–H and O–H groups in total. The van der Waals surface area contributed by atoms with Crippen molar-refractivity contribution in [3.63, 3.8) is 0 Å². The molecule has 26 heavy (non-hydrogen) atoms. The van der Waals surface area contributed by atoms with Crippen LogP contribution in [0.5, 0.6) is 0 Å². The Hall–Kier alpha value is -1.75. The van der Waals surface area contributed by atoms with E-state index in [1.165, 1.54) is 23.2 Å². The first-order valence-corrected chi connectivity index (χ1v) is 9.01. The van der Waals surface area contributed by atoms with Crippen molar-refractivity contribution in [2.45, 2.75) is 33.2 Å². The van der Waals surface area contributed by atoms with E-state index in [9.17, 15) is 9.59 Å². The maximum atomic E-state index is 13.0. The Labute approximate surface area is 168 Å². The van der Waals surface area contributed by atoms with Gasteiger partial charge in [0.1, 0.15) is 0 Å². The summed E-state index contributed by atoms with van der Waals surface area (Å²) in [4.78, 5) is 25.7. The van der Waals surface area contributed by atoms with E-state index in [4.69, 9.17) is 34.8 Å². The first kappa shape index (κ1) is 20.6. The molecule has 2 rings (SSSR count). The lowest BCUT2D eigenvalue weighted by Gasteiger charge is -2.35. The smallest absolute Gasteiger partial charge is 0.267 e. The van der Waals surface area contributed by atoms with Crippen LogP contribution in [-0.4, -0.2) is 22.4 Å². The summed E-state index contributed by atoms with van der Waals surface area (Å²) in [5, 5.41) is 2.26. The molecule has 0 unspecified atom stereocenters. The molecule has 0 bridgehead atoms. The summed E-state index contributed by atoms with van der Waals surface area (Å²) in [7, 11) is 0. The number of halogens is 3. The fourth-order valence-electron chi connectivity index (χ4n) is 2.31. The molecule has 2 aromatic rings. The van der Waals surface area contributed by atoms with E-state index >= 15 is 0 Å². The van der Waals surface area contributed by atoms with Crippen molar-refractivity contribution in [1.82, 2.24) is 10.4 Å². The summed E-state index contributed by atoms with van der Waals surface area (Å²) < 4.78 is 0. The van der Waals surface area contributed by atoms with E-state index in [1.54, 1.807) is 45.9 Å². The topological polar surface area (TPSA) is 49.4 Å². The van der Waals surface area contributed by atoms with Gasteiger partial charge in [0.25, 0.3) is 11.8 Å². The molecule has 0 aliphatic carbocycles. The number of carbonyl (C=O) groups excluding carboxylic acids is 2. The van der Waals surface area contributed by atoms with Crippen LogP contribution in [-0.2, 0) is 0 Å². The molecule has 0 spiro atoms. The Bertz CT molecular complexity index is 840. The van der Waals surface area contributed by atoms with E-state index in [-0.39, 0.29) is 11.1 Å². The van der Waals surface area contributed by atoms with Crippen LogP contribution in [0.1, 0.15) is 47.1 Å². The Morgan fingerprint density at radius 2 is 1.58 bits per heavy atom. The van der Waals surface area contributed by atoms with Crippen molar-refractivity contribution in [2.24, 2.45) is 0 Å². The zero-order valence-corrected chi connectivity index (χ0v) is 17.1. The lowest BCUT2D eigenvalue weighted by atomic mass is 10.1. The second-order valence-corrected chi connectivity index (χ2v) is 8.10. The number of hydrogen-bond acceptors (Lipinski definition) is 2. The maximum Gasteiger partial charge on any atom is 0.272 e. The zero-order chi connectivity index (χ0) is 19.6. The number of hydrogen-bond donors (Lipinski definition) is 1. The molecule has 0 aromatic heterocycles. The molecule has 0 fully saturated rings.